The van der Waals surface area contributed by atoms with Gasteiger partial charge in [-0.2, -0.15) is 0 Å². The Morgan fingerprint density at radius 2 is 2.17 bits per heavy atom. The smallest absolute Gasteiger partial charge is 0.225 e. The van der Waals surface area contributed by atoms with Gasteiger partial charge in [0.25, 0.3) is 0 Å². The molecule has 2 aliphatic rings. The van der Waals surface area contributed by atoms with Crippen molar-refractivity contribution in [3.8, 4) is 0 Å². The molecule has 0 bridgehead atoms. The Morgan fingerprint density at radius 1 is 1.39 bits per heavy atom. The number of nitrogens with zero attached hydrogens (tertiary/aromatic N) is 2. The molecule has 1 saturated heterocycles. The lowest BCUT2D eigenvalue weighted by Crippen LogP contribution is -2.45. The van der Waals surface area contributed by atoms with Gasteiger partial charge >= 0.3 is 0 Å². The van der Waals surface area contributed by atoms with Crippen LogP contribution in [-0.4, -0.2) is 34.8 Å². The van der Waals surface area contributed by atoms with Crippen molar-refractivity contribution in [2.45, 2.75) is 39.2 Å². The zero-order valence-electron chi connectivity index (χ0n) is 13.9. The van der Waals surface area contributed by atoms with Gasteiger partial charge in [0, 0.05) is 38.0 Å². The lowest BCUT2D eigenvalue weighted by atomic mass is 9.88. The van der Waals surface area contributed by atoms with Crippen LogP contribution in [0.5, 0.6) is 0 Å². The van der Waals surface area contributed by atoms with Crippen LogP contribution in [0, 0.1) is 17.8 Å². The number of pyridine rings is 1. The van der Waals surface area contributed by atoms with E-state index >= 15 is 0 Å². The molecule has 0 aromatic carbocycles. The zero-order valence-corrected chi connectivity index (χ0v) is 13.9. The number of carbonyl (C=O) groups excluding carboxylic acids is 2. The van der Waals surface area contributed by atoms with Crippen molar-refractivity contribution in [2.75, 3.05) is 13.1 Å². The molecule has 0 radical (unpaired) electrons. The minimum atomic E-state index is -0.124. The van der Waals surface area contributed by atoms with Gasteiger partial charge in [-0.15, -0.1) is 0 Å². The number of piperidine rings is 1. The van der Waals surface area contributed by atoms with Crippen LogP contribution in [0.2, 0.25) is 0 Å². The first kappa shape index (κ1) is 16.0. The van der Waals surface area contributed by atoms with Crippen molar-refractivity contribution in [3.63, 3.8) is 0 Å². The number of likely N-dealkylation sites (tertiary alicyclic amines) is 1. The zero-order chi connectivity index (χ0) is 16.4. The number of carbonyl (C=O) groups is 2. The van der Waals surface area contributed by atoms with Crippen LogP contribution in [-0.2, 0) is 9.59 Å². The Labute approximate surface area is 137 Å². The van der Waals surface area contributed by atoms with E-state index < -0.39 is 0 Å². The highest BCUT2D eigenvalue weighted by Crippen LogP contribution is 2.40. The van der Waals surface area contributed by atoms with E-state index in [-0.39, 0.29) is 23.8 Å². The molecule has 2 heterocycles. The molecule has 1 aliphatic heterocycles. The van der Waals surface area contributed by atoms with Gasteiger partial charge in [0.05, 0.1) is 11.7 Å². The summed E-state index contributed by atoms with van der Waals surface area (Å²) in [5.41, 5.74) is 0.877. The standard InChI is InChI=1S/C18H25N3O2/c1-12-10-15(12)18(23)21-9-5-6-14(11-21)17(20-13(2)22)16-7-3-4-8-19-16/h3-4,7-8,12,14-15,17H,5-6,9-11H2,1-2H3,(H,20,22). The Morgan fingerprint density at radius 3 is 2.78 bits per heavy atom. The molecular weight excluding hydrogens is 290 g/mol. The first-order chi connectivity index (χ1) is 11.1. The van der Waals surface area contributed by atoms with Crippen molar-refractivity contribution in [1.29, 1.82) is 0 Å². The molecular formula is C18H25N3O2. The maximum absolute atomic E-state index is 12.5. The monoisotopic (exact) mass is 315 g/mol. The summed E-state index contributed by atoms with van der Waals surface area (Å²) in [5, 5.41) is 3.04. The third-order valence-electron chi connectivity index (χ3n) is 5.03. The highest BCUT2D eigenvalue weighted by atomic mass is 16.2. The van der Waals surface area contributed by atoms with Gasteiger partial charge in [-0.05, 0) is 37.3 Å². The third kappa shape index (κ3) is 3.71. The average Bonchev–Trinajstić information content (AvgIpc) is 3.29. The van der Waals surface area contributed by atoms with Gasteiger partial charge in [0.1, 0.15) is 0 Å². The van der Waals surface area contributed by atoms with Crippen LogP contribution in [0.15, 0.2) is 24.4 Å². The summed E-state index contributed by atoms with van der Waals surface area (Å²) in [6.45, 7) is 5.22. The normalized spacial score (nSPS) is 28.1. The highest BCUT2D eigenvalue weighted by molar-refractivity contribution is 5.81. The molecule has 0 spiro atoms. The number of rotatable bonds is 4. The molecule has 4 unspecified atom stereocenters. The Hall–Kier alpha value is -1.91. The van der Waals surface area contributed by atoms with Crippen LogP contribution in [0.3, 0.4) is 0 Å². The second-order valence-electron chi connectivity index (χ2n) is 6.94. The molecule has 23 heavy (non-hydrogen) atoms. The fourth-order valence-electron chi connectivity index (χ4n) is 3.60. The number of hydrogen-bond acceptors (Lipinski definition) is 3. The second-order valence-corrected chi connectivity index (χ2v) is 6.94. The number of nitrogens with one attached hydrogen (secondary N) is 1. The summed E-state index contributed by atoms with van der Waals surface area (Å²) >= 11 is 0. The van der Waals surface area contributed by atoms with Crippen molar-refractivity contribution >= 4 is 11.8 Å². The molecule has 5 heteroatoms. The highest BCUT2D eigenvalue weighted by Gasteiger charge is 2.43. The van der Waals surface area contributed by atoms with Gasteiger partial charge in [0.2, 0.25) is 11.8 Å². The molecule has 124 valence electrons. The lowest BCUT2D eigenvalue weighted by Gasteiger charge is -2.37. The van der Waals surface area contributed by atoms with Crippen LogP contribution >= 0.6 is 0 Å². The summed E-state index contributed by atoms with van der Waals surface area (Å²) in [4.78, 5) is 30.6. The third-order valence-corrected chi connectivity index (χ3v) is 5.03. The minimum absolute atomic E-state index is 0.0556. The van der Waals surface area contributed by atoms with E-state index in [9.17, 15) is 9.59 Å². The average molecular weight is 315 g/mol. The molecule has 5 nitrogen and oxygen atoms in total. The largest absolute Gasteiger partial charge is 0.348 e. The van der Waals surface area contributed by atoms with Crippen molar-refractivity contribution in [1.82, 2.24) is 15.2 Å². The summed E-state index contributed by atoms with van der Waals surface area (Å²) in [5.74, 6) is 1.22. The molecule has 1 aliphatic carbocycles. The van der Waals surface area contributed by atoms with Crippen molar-refractivity contribution < 1.29 is 9.59 Å². The maximum atomic E-state index is 12.5. The van der Waals surface area contributed by atoms with Crippen molar-refractivity contribution in [3.05, 3.63) is 30.1 Å². The predicted molar refractivity (Wildman–Crippen MR) is 87.4 cm³/mol. The number of aromatic nitrogens is 1. The van der Waals surface area contributed by atoms with Gasteiger partial charge in [-0.1, -0.05) is 13.0 Å². The van der Waals surface area contributed by atoms with E-state index in [2.05, 4.69) is 17.2 Å². The van der Waals surface area contributed by atoms with E-state index in [1.807, 2.05) is 23.1 Å². The predicted octanol–water partition coefficient (Wildman–Crippen LogP) is 2.15. The van der Waals surface area contributed by atoms with E-state index in [1.165, 1.54) is 6.92 Å². The van der Waals surface area contributed by atoms with E-state index in [4.69, 9.17) is 0 Å². The number of hydrogen-bond donors (Lipinski definition) is 1. The van der Waals surface area contributed by atoms with Crippen molar-refractivity contribution in [2.24, 2.45) is 17.8 Å². The summed E-state index contributed by atoms with van der Waals surface area (Å²) < 4.78 is 0. The number of amides is 2. The van der Waals surface area contributed by atoms with Crippen LogP contribution in [0.4, 0.5) is 0 Å². The molecule has 3 rings (SSSR count). The van der Waals surface area contributed by atoms with E-state index in [1.54, 1.807) is 6.20 Å². The minimum Gasteiger partial charge on any atom is -0.348 e. The molecule has 4 atom stereocenters. The van der Waals surface area contributed by atoms with E-state index in [0.29, 0.717) is 18.4 Å². The van der Waals surface area contributed by atoms with Gasteiger partial charge in [-0.3, -0.25) is 14.6 Å². The topological polar surface area (TPSA) is 62.3 Å². The van der Waals surface area contributed by atoms with Crippen LogP contribution < -0.4 is 5.32 Å². The second kappa shape index (κ2) is 6.69. The Kier molecular flexibility index (Phi) is 4.64. The summed E-state index contributed by atoms with van der Waals surface area (Å²) in [6, 6.07) is 5.64. The Balaban J connectivity index is 1.73. The molecule has 1 N–H and O–H groups in total. The first-order valence-electron chi connectivity index (χ1n) is 8.53. The molecule has 1 aromatic heterocycles. The lowest BCUT2D eigenvalue weighted by molar-refractivity contribution is -0.135. The SMILES string of the molecule is CC(=O)NC(c1ccccn1)C1CCCN(C(=O)C2CC2C)C1. The summed E-state index contributed by atoms with van der Waals surface area (Å²) in [7, 11) is 0. The Bertz CT molecular complexity index is 575. The first-order valence-corrected chi connectivity index (χ1v) is 8.53. The maximum Gasteiger partial charge on any atom is 0.225 e. The quantitative estimate of drug-likeness (QED) is 0.926. The molecule has 2 amide bonds. The molecule has 2 fully saturated rings. The van der Waals surface area contributed by atoms with Crippen LogP contribution in [0.25, 0.3) is 0 Å². The fourth-order valence-corrected chi connectivity index (χ4v) is 3.60. The molecule has 1 aromatic rings. The van der Waals surface area contributed by atoms with E-state index in [0.717, 1.165) is 31.5 Å². The van der Waals surface area contributed by atoms with Gasteiger partial charge in [0.15, 0.2) is 0 Å². The fraction of sp³-hybridized carbons (Fsp3) is 0.611. The molecule has 1 saturated carbocycles. The van der Waals surface area contributed by atoms with Gasteiger partial charge < -0.3 is 10.2 Å². The van der Waals surface area contributed by atoms with Crippen LogP contribution in [0.1, 0.15) is 44.8 Å². The summed E-state index contributed by atoms with van der Waals surface area (Å²) in [6.07, 6.45) is 4.77. The van der Waals surface area contributed by atoms with Gasteiger partial charge in [-0.25, -0.2) is 0 Å².